The number of carboxylic acid groups (broad SMARTS) is 1. The first-order valence-corrected chi connectivity index (χ1v) is 6.69. The molecule has 2 N–H and O–H groups in total. The summed E-state index contributed by atoms with van der Waals surface area (Å²) in [5.41, 5.74) is 1.67. The number of ether oxygens (including phenoxy) is 1. The van der Waals surface area contributed by atoms with Crippen LogP contribution in [0.4, 0.5) is 5.69 Å². The molecule has 2 rings (SSSR count). The minimum Gasteiger partial charge on any atom is -0.495 e. The van der Waals surface area contributed by atoms with Gasteiger partial charge >= 0.3 is 5.97 Å². The molecular formula is C15H19NO4. The second-order valence-electron chi connectivity index (χ2n) is 5.24. The number of carboxylic acids is 1. The second kappa shape index (κ2) is 5.94. The average Bonchev–Trinajstić information content (AvgIpc) is 2.90. The maximum absolute atomic E-state index is 12.2. The Bertz CT molecular complexity index is 527. The van der Waals surface area contributed by atoms with Gasteiger partial charge in [-0.2, -0.15) is 0 Å². The van der Waals surface area contributed by atoms with E-state index in [2.05, 4.69) is 5.32 Å². The van der Waals surface area contributed by atoms with Crippen molar-refractivity contribution in [1.29, 1.82) is 0 Å². The lowest BCUT2D eigenvalue weighted by molar-refractivity contribution is -0.141. The van der Waals surface area contributed by atoms with E-state index in [-0.39, 0.29) is 11.8 Å². The van der Waals surface area contributed by atoms with Crippen molar-refractivity contribution in [2.24, 2.45) is 11.8 Å². The molecule has 0 aliphatic heterocycles. The SMILES string of the molecule is COc1cc(C)ccc1NC(=O)C1CCC(C(=O)O)C1. The molecule has 1 saturated carbocycles. The van der Waals surface area contributed by atoms with Crippen LogP contribution in [0.5, 0.6) is 5.75 Å². The Kier molecular flexibility index (Phi) is 4.27. The lowest BCUT2D eigenvalue weighted by atomic mass is 10.0. The zero-order valence-electron chi connectivity index (χ0n) is 11.7. The highest BCUT2D eigenvalue weighted by Crippen LogP contribution is 2.33. The van der Waals surface area contributed by atoms with E-state index in [0.717, 1.165) is 5.56 Å². The zero-order chi connectivity index (χ0) is 14.7. The first-order valence-electron chi connectivity index (χ1n) is 6.69. The average molecular weight is 277 g/mol. The number of aryl methyl sites for hydroxylation is 1. The molecule has 1 aromatic rings. The number of carbonyl (C=O) groups is 2. The fraction of sp³-hybridized carbons (Fsp3) is 0.467. The fourth-order valence-corrected chi connectivity index (χ4v) is 2.58. The van der Waals surface area contributed by atoms with E-state index in [1.807, 2.05) is 19.1 Å². The van der Waals surface area contributed by atoms with E-state index >= 15 is 0 Å². The van der Waals surface area contributed by atoms with Gasteiger partial charge in [0, 0.05) is 5.92 Å². The highest BCUT2D eigenvalue weighted by molar-refractivity contribution is 5.94. The number of anilines is 1. The number of hydrogen-bond donors (Lipinski definition) is 2. The van der Waals surface area contributed by atoms with E-state index in [1.54, 1.807) is 13.2 Å². The summed E-state index contributed by atoms with van der Waals surface area (Å²) in [6.07, 6.45) is 1.60. The Morgan fingerprint density at radius 2 is 2.00 bits per heavy atom. The van der Waals surface area contributed by atoms with Crippen molar-refractivity contribution in [3.8, 4) is 5.75 Å². The van der Waals surface area contributed by atoms with Gasteiger partial charge in [-0.3, -0.25) is 9.59 Å². The van der Waals surface area contributed by atoms with E-state index in [1.165, 1.54) is 0 Å². The largest absolute Gasteiger partial charge is 0.495 e. The Balaban J connectivity index is 2.04. The van der Waals surface area contributed by atoms with Gasteiger partial charge in [0.2, 0.25) is 5.91 Å². The van der Waals surface area contributed by atoms with Crippen LogP contribution >= 0.6 is 0 Å². The van der Waals surface area contributed by atoms with Gasteiger partial charge in [0.25, 0.3) is 0 Å². The Labute approximate surface area is 117 Å². The zero-order valence-corrected chi connectivity index (χ0v) is 11.7. The van der Waals surface area contributed by atoms with Crippen LogP contribution in [0.1, 0.15) is 24.8 Å². The van der Waals surface area contributed by atoms with E-state index < -0.39 is 11.9 Å². The number of aliphatic carboxylic acids is 1. The highest BCUT2D eigenvalue weighted by Gasteiger charge is 2.34. The number of benzene rings is 1. The van der Waals surface area contributed by atoms with Gasteiger partial charge < -0.3 is 15.2 Å². The third kappa shape index (κ3) is 3.10. The van der Waals surface area contributed by atoms with Crippen molar-refractivity contribution in [3.05, 3.63) is 23.8 Å². The molecule has 0 radical (unpaired) electrons. The number of nitrogens with one attached hydrogen (secondary N) is 1. The van der Waals surface area contributed by atoms with Crippen LogP contribution in [-0.2, 0) is 9.59 Å². The molecule has 0 aromatic heterocycles. The number of methoxy groups -OCH3 is 1. The van der Waals surface area contributed by atoms with Crippen molar-refractivity contribution in [1.82, 2.24) is 0 Å². The Morgan fingerprint density at radius 1 is 1.30 bits per heavy atom. The molecule has 2 unspecified atom stereocenters. The van der Waals surface area contributed by atoms with Crippen LogP contribution in [0.15, 0.2) is 18.2 Å². The molecule has 2 atom stereocenters. The van der Waals surface area contributed by atoms with Crippen molar-refractivity contribution in [2.45, 2.75) is 26.2 Å². The molecule has 5 heteroatoms. The Hall–Kier alpha value is -2.04. The standard InChI is InChI=1S/C15H19NO4/c1-9-3-6-12(13(7-9)20-2)16-14(17)10-4-5-11(8-10)15(18)19/h3,6-7,10-11H,4-5,8H2,1-2H3,(H,16,17)(H,18,19). The van der Waals surface area contributed by atoms with Gasteiger partial charge in [0.05, 0.1) is 18.7 Å². The van der Waals surface area contributed by atoms with Gasteiger partial charge in [-0.15, -0.1) is 0 Å². The van der Waals surface area contributed by atoms with Crippen LogP contribution in [0, 0.1) is 18.8 Å². The number of hydrogen-bond acceptors (Lipinski definition) is 3. The van der Waals surface area contributed by atoms with Crippen molar-refractivity contribution in [2.75, 3.05) is 12.4 Å². The third-order valence-electron chi connectivity index (χ3n) is 3.77. The predicted octanol–water partition coefficient (Wildman–Crippen LogP) is 2.44. The second-order valence-corrected chi connectivity index (χ2v) is 5.24. The van der Waals surface area contributed by atoms with Gasteiger partial charge in [0.15, 0.2) is 0 Å². The van der Waals surface area contributed by atoms with E-state index in [9.17, 15) is 9.59 Å². The number of rotatable bonds is 4. The summed E-state index contributed by atoms with van der Waals surface area (Å²) in [6, 6.07) is 5.55. The molecule has 1 aliphatic rings. The van der Waals surface area contributed by atoms with E-state index in [0.29, 0.717) is 30.7 Å². The minimum atomic E-state index is -0.812. The summed E-state index contributed by atoms with van der Waals surface area (Å²) in [4.78, 5) is 23.1. The fourth-order valence-electron chi connectivity index (χ4n) is 2.58. The molecule has 1 amide bonds. The first kappa shape index (κ1) is 14.4. The van der Waals surface area contributed by atoms with Crippen LogP contribution in [-0.4, -0.2) is 24.1 Å². The molecule has 0 spiro atoms. The molecule has 1 aromatic carbocycles. The van der Waals surface area contributed by atoms with Gasteiger partial charge in [0.1, 0.15) is 5.75 Å². The third-order valence-corrected chi connectivity index (χ3v) is 3.77. The molecule has 0 heterocycles. The smallest absolute Gasteiger partial charge is 0.306 e. The van der Waals surface area contributed by atoms with Crippen molar-refractivity contribution in [3.63, 3.8) is 0 Å². The number of amides is 1. The Morgan fingerprint density at radius 3 is 2.60 bits per heavy atom. The maximum atomic E-state index is 12.2. The lowest BCUT2D eigenvalue weighted by Crippen LogP contribution is -2.22. The van der Waals surface area contributed by atoms with Gasteiger partial charge in [-0.1, -0.05) is 6.07 Å². The summed E-state index contributed by atoms with van der Waals surface area (Å²) in [5.74, 6) is -0.956. The van der Waals surface area contributed by atoms with Crippen molar-refractivity contribution >= 4 is 17.6 Å². The van der Waals surface area contributed by atoms with Crippen LogP contribution in [0.25, 0.3) is 0 Å². The quantitative estimate of drug-likeness (QED) is 0.886. The molecule has 1 fully saturated rings. The van der Waals surface area contributed by atoms with Crippen LogP contribution in [0.2, 0.25) is 0 Å². The summed E-state index contributed by atoms with van der Waals surface area (Å²) in [5, 5.41) is 11.8. The monoisotopic (exact) mass is 277 g/mol. The summed E-state index contributed by atoms with van der Waals surface area (Å²) < 4.78 is 5.24. The normalized spacial score (nSPS) is 21.5. The highest BCUT2D eigenvalue weighted by atomic mass is 16.5. The molecular weight excluding hydrogens is 258 g/mol. The molecule has 0 bridgehead atoms. The lowest BCUT2D eigenvalue weighted by Gasteiger charge is -2.14. The van der Waals surface area contributed by atoms with Crippen LogP contribution in [0.3, 0.4) is 0 Å². The van der Waals surface area contributed by atoms with Gasteiger partial charge in [-0.25, -0.2) is 0 Å². The molecule has 108 valence electrons. The van der Waals surface area contributed by atoms with E-state index in [4.69, 9.17) is 9.84 Å². The molecule has 20 heavy (non-hydrogen) atoms. The molecule has 1 aliphatic carbocycles. The maximum Gasteiger partial charge on any atom is 0.306 e. The van der Waals surface area contributed by atoms with Crippen LogP contribution < -0.4 is 10.1 Å². The number of carbonyl (C=O) groups excluding carboxylic acids is 1. The minimum absolute atomic E-state index is 0.129. The topological polar surface area (TPSA) is 75.6 Å². The predicted molar refractivity (Wildman–Crippen MR) is 74.8 cm³/mol. The summed E-state index contributed by atoms with van der Waals surface area (Å²) in [6.45, 7) is 1.95. The van der Waals surface area contributed by atoms with Gasteiger partial charge in [-0.05, 0) is 43.9 Å². The molecule has 0 saturated heterocycles. The van der Waals surface area contributed by atoms with Crippen molar-refractivity contribution < 1.29 is 19.4 Å². The summed E-state index contributed by atoms with van der Waals surface area (Å²) in [7, 11) is 1.56. The first-order chi connectivity index (χ1) is 9.51. The molecule has 5 nitrogen and oxygen atoms in total. The summed E-state index contributed by atoms with van der Waals surface area (Å²) >= 11 is 0.